The fraction of sp³-hybridized carbons (Fsp3) is 0.381. The summed E-state index contributed by atoms with van der Waals surface area (Å²) >= 11 is 0. The summed E-state index contributed by atoms with van der Waals surface area (Å²) in [6, 6.07) is 5.18. The van der Waals surface area contributed by atoms with Crippen LogP contribution in [0.15, 0.2) is 30.3 Å². The number of carbonyl (C=O) groups is 1. The Hall–Kier alpha value is -1.55. The summed E-state index contributed by atoms with van der Waals surface area (Å²) in [5, 5.41) is 2.74. The minimum atomic E-state index is -4.49. The molecular weight excluding hydrogens is 440 g/mol. The first-order valence-corrected chi connectivity index (χ1v) is 11.4. The second kappa shape index (κ2) is 9.13. The SMILES string of the molecule is O=C(Nc1c2c(cc3c1CCC3)CCC2)NS(=O)(=O)Cc1ccc(C(F)(F)F)cc1.[Na]. The van der Waals surface area contributed by atoms with Crippen LogP contribution in [-0.2, 0) is 47.6 Å². The van der Waals surface area contributed by atoms with E-state index in [1.54, 1.807) is 0 Å². The Morgan fingerprint density at radius 3 is 2.00 bits per heavy atom. The number of amides is 2. The van der Waals surface area contributed by atoms with E-state index in [9.17, 15) is 26.4 Å². The molecule has 0 heterocycles. The van der Waals surface area contributed by atoms with Crippen LogP contribution in [0.25, 0.3) is 0 Å². The third-order valence-electron chi connectivity index (χ3n) is 5.60. The van der Waals surface area contributed by atoms with E-state index >= 15 is 0 Å². The molecule has 4 rings (SSSR count). The molecule has 10 heteroatoms. The van der Waals surface area contributed by atoms with Crippen molar-refractivity contribution in [3.8, 4) is 0 Å². The molecule has 1 radical (unpaired) electrons. The van der Waals surface area contributed by atoms with E-state index in [-0.39, 0.29) is 35.1 Å². The zero-order valence-corrected chi connectivity index (χ0v) is 19.9. The number of alkyl halides is 3. The van der Waals surface area contributed by atoms with Crippen LogP contribution in [0.5, 0.6) is 0 Å². The number of rotatable bonds is 4. The van der Waals surface area contributed by atoms with Gasteiger partial charge in [0.05, 0.1) is 11.3 Å². The van der Waals surface area contributed by atoms with Crippen molar-refractivity contribution in [2.75, 3.05) is 5.32 Å². The van der Waals surface area contributed by atoms with E-state index in [1.807, 2.05) is 4.72 Å². The van der Waals surface area contributed by atoms with Crippen LogP contribution in [0.1, 0.15) is 46.2 Å². The van der Waals surface area contributed by atoms with E-state index in [2.05, 4.69) is 11.4 Å². The normalized spacial score (nSPS) is 15.1. The molecule has 5 nitrogen and oxygen atoms in total. The molecule has 31 heavy (non-hydrogen) atoms. The monoisotopic (exact) mass is 461 g/mol. The van der Waals surface area contributed by atoms with Crippen LogP contribution in [-0.4, -0.2) is 44.0 Å². The molecule has 2 aromatic carbocycles. The van der Waals surface area contributed by atoms with Gasteiger partial charge in [-0.05, 0) is 78.5 Å². The molecule has 161 valence electrons. The third kappa shape index (κ3) is 5.45. The number of halogens is 3. The zero-order valence-electron chi connectivity index (χ0n) is 17.1. The minimum absolute atomic E-state index is 0. The molecule has 0 saturated carbocycles. The van der Waals surface area contributed by atoms with Gasteiger partial charge in [0.2, 0.25) is 10.0 Å². The average molecular weight is 461 g/mol. The number of aryl methyl sites for hydroxylation is 2. The predicted octanol–water partition coefficient (Wildman–Crippen LogP) is 3.95. The number of fused-ring (bicyclic) bond motifs is 2. The van der Waals surface area contributed by atoms with Crippen molar-refractivity contribution in [3.05, 3.63) is 63.7 Å². The maximum atomic E-state index is 12.6. The Balaban J connectivity index is 0.00000272. The van der Waals surface area contributed by atoms with E-state index in [0.29, 0.717) is 0 Å². The van der Waals surface area contributed by atoms with Crippen LogP contribution in [0, 0.1) is 0 Å². The topological polar surface area (TPSA) is 75.3 Å². The summed E-state index contributed by atoms with van der Waals surface area (Å²) in [6.45, 7) is 0. The Labute approximate surface area is 201 Å². The maximum absolute atomic E-state index is 12.6. The van der Waals surface area contributed by atoms with Gasteiger partial charge in [-0.2, -0.15) is 13.2 Å². The van der Waals surface area contributed by atoms with Crippen LogP contribution < -0.4 is 10.0 Å². The zero-order chi connectivity index (χ0) is 21.5. The van der Waals surface area contributed by atoms with Crippen molar-refractivity contribution >= 4 is 51.3 Å². The van der Waals surface area contributed by atoms with Gasteiger partial charge in [0.25, 0.3) is 0 Å². The van der Waals surface area contributed by atoms with Gasteiger partial charge in [0.15, 0.2) is 0 Å². The standard InChI is InChI=1S/C21H21F3N2O3S.Na/c22-21(23,24)16-9-7-13(8-10-16)12-30(28,29)26-20(27)25-19-17-5-1-3-14(17)11-15-4-2-6-18(15)19;/h7-11H,1-6,12H2,(H2,25,26,27);. The summed E-state index contributed by atoms with van der Waals surface area (Å²) in [5.74, 6) is -0.594. The van der Waals surface area contributed by atoms with Gasteiger partial charge < -0.3 is 5.32 Å². The van der Waals surface area contributed by atoms with E-state index < -0.39 is 33.5 Å². The number of carbonyl (C=O) groups excluding carboxylic acids is 1. The second-order valence-electron chi connectivity index (χ2n) is 7.74. The number of hydrogen-bond acceptors (Lipinski definition) is 3. The number of hydrogen-bond donors (Lipinski definition) is 2. The average Bonchev–Trinajstić information content (AvgIpc) is 3.29. The van der Waals surface area contributed by atoms with Gasteiger partial charge in [-0.15, -0.1) is 0 Å². The van der Waals surface area contributed by atoms with Crippen molar-refractivity contribution in [3.63, 3.8) is 0 Å². The Kier molecular flexibility index (Phi) is 7.10. The van der Waals surface area contributed by atoms with E-state index in [4.69, 9.17) is 0 Å². The van der Waals surface area contributed by atoms with Gasteiger partial charge >= 0.3 is 12.2 Å². The van der Waals surface area contributed by atoms with Gasteiger partial charge in [0, 0.05) is 35.2 Å². The molecule has 0 unspecified atom stereocenters. The quantitative estimate of drug-likeness (QED) is 0.677. The molecule has 0 atom stereocenters. The van der Waals surface area contributed by atoms with Crippen LogP contribution in [0.3, 0.4) is 0 Å². The molecule has 2 aromatic rings. The maximum Gasteiger partial charge on any atom is 0.416 e. The van der Waals surface area contributed by atoms with Crippen molar-refractivity contribution in [1.82, 2.24) is 4.72 Å². The van der Waals surface area contributed by atoms with Crippen molar-refractivity contribution in [2.45, 2.75) is 50.5 Å². The second-order valence-corrected chi connectivity index (χ2v) is 9.47. The van der Waals surface area contributed by atoms with Crippen molar-refractivity contribution in [2.24, 2.45) is 0 Å². The fourth-order valence-corrected chi connectivity index (χ4v) is 5.33. The molecule has 0 spiro atoms. The van der Waals surface area contributed by atoms with Crippen LogP contribution in [0.4, 0.5) is 23.7 Å². The Morgan fingerprint density at radius 1 is 0.935 bits per heavy atom. The molecule has 0 fully saturated rings. The summed E-state index contributed by atoms with van der Waals surface area (Å²) in [5.41, 5.74) is 4.58. The molecule has 0 bridgehead atoms. The van der Waals surface area contributed by atoms with Gasteiger partial charge in [-0.25, -0.2) is 17.9 Å². The van der Waals surface area contributed by atoms with E-state index in [0.717, 1.165) is 79.6 Å². The number of urea groups is 1. The Bertz CT molecular complexity index is 1070. The fourth-order valence-electron chi connectivity index (χ4n) is 4.29. The number of sulfonamides is 1. The first-order valence-electron chi connectivity index (χ1n) is 9.76. The van der Waals surface area contributed by atoms with Crippen LogP contribution in [0.2, 0.25) is 0 Å². The number of nitrogens with one attached hydrogen (secondary N) is 2. The largest absolute Gasteiger partial charge is 0.416 e. The molecule has 2 aliphatic carbocycles. The molecular formula is C21H21F3N2NaO3S. The smallest absolute Gasteiger partial charge is 0.307 e. The molecule has 0 aliphatic heterocycles. The Morgan fingerprint density at radius 2 is 1.48 bits per heavy atom. The third-order valence-corrected chi connectivity index (χ3v) is 6.81. The number of anilines is 1. The number of benzene rings is 2. The molecule has 0 saturated heterocycles. The van der Waals surface area contributed by atoms with Crippen molar-refractivity contribution < 1.29 is 26.4 Å². The predicted molar refractivity (Wildman–Crippen MR) is 112 cm³/mol. The summed E-state index contributed by atoms with van der Waals surface area (Å²) in [4.78, 5) is 12.5. The van der Waals surface area contributed by atoms with Crippen molar-refractivity contribution in [1.29, 1.82) is 0 Å². The van der Waals surface area contributed by atoms with Gasteiger partial charge in [-0.3, -0.25) is 0 Å². The molecule has 2 N–H and O–H groups in total. The molecule has 2 aliphatic rings. The van der Waals surface area contributed by atoms with Gasteiger partial charge in [-0.1, -0.05) is 18.2 Å². The first-order chi connectivity index (χ1) is 14.1. The molecule has 0 aromatic heterocycles. The van der Waals surface area contributed by atoms with E-state index in [1.165, 1.54) is 11.1 Å². The van der Waals surface area contributed by atoms with Crippen LogP contribution >= 0.6 is 0 Å². The minimum Gasteiger partial charge on any atom is -0.307 e. The summed E-state index contributed by atoms with van der Waals surface area (Å²) < 4.78 is 64.6. The first kappa shape index (κ1) is 24.1. The molecule has 2 amide bonds. The summed E-state index contributed by atoms with van der Waals surface area (Å²) in [7, 11) is -4.07. The van der Waals surface area contributed by atoms with Gasteiger partial charge in [0.1, 0.15) is 0 Å². The summed E-state index contributed by atoms with van der Waals surface area (Å²) in [6.07, 6.45) is 1.09.